The molecule has 0 aliphatic rings. The fourth-order valence-corrected chi connectivity index (χ4v) is 3.09. The molecule has 1 aromatic rings. The maximum Gasteiger partial charge on any atom is 0.239 e. The van der Waals surface area contributed by atoms with Crippen LogP contribution in [0.2, 0.25) is 0 Å². The highest BCUT2D eigenvalue weighted by Gasteiger charge is 2.22. The molecular weight excluding hydrogens is 344 g/mol. The molecule has 7 heteroatoms. The van der Waals surface area contributed by atoms with Crippen LogP contribution in [-0.2, 0) is 14.6 Å². The molecule has 112 valence electrons. The van der Waals surface area contributed by atoms with Crippen LogP contribution in [0, 0.1) is 0 Å². The highest BCUT2D eigenvalue weighted by molar-refractivity contribution is 9.10. The Labute approximate surface area is 128 Å². The number of carbonyl (C=O) groups is 1. The molecule has 0 radical (unpaired) electrons. The van der Waals surface area contributed by atoms with Crippen molar-refractivity contribution < 1.29 is 13.2 Å². The van der Waals surface area contributed by atoms with Crippen LogP contribution >= 0.6 is 15.9 Å². The number of amides is 1. The second-order valence-electron chi connectivity index (χ2n) is 4.82. The van der Waals surface area contributed by atoms with Gasteiger partial charge in [-0.1, -0.05) is 28.1 Å². The zero-order valence-corrected chi connectivity index (χ0v) is 13.9. The summed E-state index contributed by atoms with van der Waals surface area (Å²) in [5, 5.41) is 0. The van der Waals surface area contributed by atoms with Crippen molar-refractivity contribution in [2.45, 2.75) is 12.5 Å². The molecule has 0 spiro atoms. The Morgan fingerprint density at radius 2 is 2.10 bits per heavy atom. The molecule has 1 amide bonds. The number of nitrogens with zero attached hydrogens (tertiary/aromatic N) is 1. The van der Waals surface area contributed by atoms with Crippen molar-refractivity contribution in [3.63, 3.8) is 0 Å². The number of benzene rings is 1. The summed E-state index contributed by atoms with van der Waals surface area (Å²) in [4.78, 5) is 13.4. The van der Waals surface area contributed by atoms with Gasteiger partial charge in [-0.25, -0.2) is 8.42 Å². The maximum absolute atomic E-state index is 11.7. The van der Waals surface area contributed by atoms with E-state index in [1.54, 1.807) is 11.9 Å². The second-order valence-corrected chi connectivity index (χ2v) is 8.00. The van der Waals surface area contributed by atoms with Gasteiger partial charge in [-0.05, 0) is 37.7 Å². The van der Waals surface area contributed by atoms with Gasteiger partial charge in [0.25, 0.3) is 0 Å². The first-order valence-corrected chi connectivity index (χ1v) is 8.99. The fourth-order valence-electron chi connectivity index (χ4n) is 2.02. The Morgan fingerprint density at radius 3 is 2.60 bits per heavy atom. The number of rotatable bonds is 7. The number of hydrogen-bond acceptors (Lipinski definition) is 4. The lowest BCUT2D eigenvalue weighted by Gasteiger charge is -2.25. The van der Waals surface area contributed by atoms with Gasteiger partial charge >= 0.3 is 0 Å². The molecule has 0 unspecified atom stereocenters. The number of halogens is 1. The summed E-state index contributed by atoms with van der Waals surface area (Å²) in [6, 6.07) is 6.80. The molecule has 0 aliphatic carbocycles. The molecule has 0 aromatic heterocycles. The van der Waals surface area contributed by atoms with Gasteiger partial charge in [0, 0.05) is 10.7 Å². The quantitative estimate of drug-likeness (QED) is 0.793. The van der Waals surface area contributed by atoms with Crippen molar-refractivity contribution in [3.8, 4) is 0 Å². The van der Waals surface area contributed by atoms with Crippen molar-refractivity contribution in [2.24, 2.45) is 5.73 Å². The minimum Gasteiger partial charge on any atom is -0.368 e. The normalized spacial score (nSPS) is 13.4. The molecule has 20 heavy (non-hydrogen) atoms. The van der Waals surface area contributed by atoms with Crippen LogP contribution in [-0.4, -0.2) is 44.8 Å². The SMILES string of the molecule is CN(CCCS(C)(=O)=O)[C@H](C(N)=O)c1cccc(Br)c1. The van der Waals surface area contributed by atoms with Gasteiger partial charge < -0.3 is 5.73 Å². The average molecular weight is 363 g/mol. The Kier molecular flexibility index (Phi) is 6.16. The first-order chi connectivity index (χ1) is 9.20. The van der Waals surface area contributed by atoms with E-state index >= 15 is 0 Å². The Bertz CT molecular complexity index is 575. The predicted octanol–water partition coefficient (Wildman–Crippen LogP) is 1.34. The van der Waals surface area contributed by atoms with E-state index in [9.17, 15) is 13.2 Å². The molecule has 0 bridgehead atoms. The van der Waals surface area contributed by atoms with Gasteiger partial charge in [0.1, 0.15) is 15.9 Å². The maximum atomic E-state index is 11.7. The smallest absolute Gasteiger partial charge is 0.239 e. The molecular formula is C13H19BrN2O3S. The minimum atomic E-state index is -2.99. The molecule has 1 atom stereocenters. The number of likely N-dealkylation sites (N-methyl/N-ethyl adjacent to an activating group) is 1. The third kappa shape index (κ3) is 5.60. The molecule has 0 saturated carbocycles. The largest absolute Gasteiger partial charge is 0.368 e. The van der Waals surface area contributed by atoms with Crippen LogP contribution in [0.5, 0.6) is 0 Å². The monoisotopic (exact) mass is 362 g/mol. The van der Waals surface area contributed by atoms with E-state index in [2.05, 4.69) is 15.9 Å². The van der Waals surface area contributed by atoms with Crippen LogP contribution in [0.25, 0.3) is 0 Å². The lowest BCUT2D eigenvalue weighted by atomic mass is 10.1. The summed E-state index contributed by atoms with van der Waals surface area (Å²) in [7, 11) is -1.22. The Hall–Kier alpha value is -0.920. The number of sulfone groups is 1. The zero-order chi connectivity index (χ0) is 15.3. The summed E-state index contributed by atoms with van der Waals surface area (Å²) in [5.74, 6) is -0.355. The molecule has 1 aromatic carbocycles. The Morgan fingerprint density at radius 1 is 1.45 bits per heavy atom. The molecule has 0 aliphatic heterocycles. The number of nitrogens with two attached hydrogens (primary N) is 1. The standard InChI is InChI=1S/C13H19BrN2O3S/c1-16(7-4-8-20(2,18)19)12(13(15)17)10-5-3-6-11(14)9-10/h3,5-6,9,12H,4,7-8H2,1-2H3,(H2,15,17)/t12-/m0/s1. The van der Waals surface area contributed by atoms with Crippen molar-refractivity contribution in [3.05, 3.63) is 34.3 Å². The van der Waals surface area contributed by atoms with Crippen molar-refractivity contribution in [1.82, 2.24) is 4.90 Å². The van der Waals surface area contributed by atoms with Gasteiger partial charge in [0.05, 0.1) is 5.75 Å². The molecule has 0 saturated heterocycles. The van der Waals surface area contributed by atoms with Crippen molar-refractivity contribution in [2.75, 3.05) is 25.6 Å². The van der Waals surface area contributed by atoms with E-state index in [1.165, 1.54) is 6.26 Å². The fraction of sp³-hybridized carbons (Fsp3) is 0.462. The van der Waals surface area contributed by atoms with Gasteiger partial charge in [-0.2, -0.15) is 0 Å². The van der Waals surface area contributed by atoms with E-state index in [4.69, 9.17) is 5.73 Å². The van der Waals surface area contributed by atoms with Gasteiger partial charge in [-0.15, -0.1) is 0 Å². The third-order valence-corrected chi connectivity index (χ3v) is 4.42. The number of primary amides is 1. The molecule has 2 N–H and O–H groups in total. The summed E-state index contributed by atoms with van der Waals surface area (Å²) in [5.41, 5.74) is 6.25. The van der Waals surface area contributed by atoms with E-state index in [0.29, 0.717) is 13.0 Å². The number of carbonyl (C=O) groups excluding carboxylic acids is 1. The van der Waals surface area contributed by atoms with Crippen LogP contribution < -0.4 is 5.73 Å². The van der Waals surface area contributed by atoms with Gasteiger partial charge in [-0.3, -0.25) is 9.69 Å². The predicted molar refractivity (Wildman–Crippen MR) is 83.0 cm³/mol. The van der Waals surface area contributed by atoms with E-state index in [1.807, 2.05) is 24.3 Å². The first-order valence-electron chi connectivity index (χ1n) is 6.13. The van der Waals surface area contributed by atoms with Crippen molar-refractivity contribution in [1.29, 1.82) is 0 Å². The highest BCUT2D eigenvalue weighted by atomic mass is 79.9. The minimum absolute atomic E-state index is 0.0985. The van der Waals surface area contributed by atoms with Gasteiger partial charge in [0.2, 0.25) is 5.91 Å². The highest BCUT2D eigenvalue weighted by Crippen LogP contribution is 2.22. The van der Waals surface area contributed by atoms with Crippen LogP contribution in [0.4, 0.5) is 0 Å². The topological polar surface area (TPSA) is 80.5 Å². The average Bonchev–Trinajstić information content (AvgIpc) is 2.26. The van der Waals surface area contributed by atoms with E-state index < -0.39 is 21.8 Å². The summed E-state index contributed by atoms with van der Waals surface area (Å²) in [6.07, 6.45) is 1.67. The van der Waals surface area contributed by atoms with E-state index in [-0.39, 0.29) is 5.75 Å². The zero-order valence-electron chi connectivity index (χ0n) is 11.5. The molecule has 0 heterocycles. The lowest BCUT2D eigenvalue weighted by molar-refractivity contribution is -0.123. The molecule has 1 rings (SSSR count). The third-order valence-electron chi connectivity index (χ3n) is 2.90. The second kappa shape index (κ2) is 7.19. The summed E-state index contributed by atoms with van der Waals surface area (Å²) in [6.45, 7) is 0.479. The molecule has 0 fully saturated rings. The van der Waals surface area contributed by atoms with Crippen LogP contribution in [0.3, 0.4) is 0 Å². The van der Waals surface area contributed by atoms with E-state index in [0.717, 1.165) is 10.0 Å². The van der Waals surface area contributed by atoms with Gasteiger partial charge in [0.15, 0.2) is 0 Å². The molecule has 5 nitrogen and oxygen atoms in total. The lowest BCUT2D eigenvalue weighted by Crippen LogP contribution is -2.36. The van der Waals surface area contributed by atoms with Crippen LogP contribution in [0.15, 0.2) is 28.7 Å². The number of hydrogen-bond donors (Lipinski definition) is 1. The summed E-state index contributed by atoms with van der Waals surface area (Å²) >= 11 is 3.36. The van der Waals surface area contributed by atoms with Crippen LogP contribution in [0.1, 0.15) is 18.0 Å². The van der Waals surface area contributed by atoms with Crippen molar-refractivity contribution >= 4 is 31.7 Å². The Balaban J connectivity index is 2.78. The first kappa shape index (κ1) is 17.1. The summed E-state index contributed by atoms with van der Waals surface area (Å²) < 4.78 is 23.1.